The Kier molecular flexibility index (Phi) is 9.90. The van der Waals surface area contributed by atoms with Crippen LogP contribution >= 0.6 is 0 Å². The molecule has 1 amide bonds. The van der Waals surface area contributed by atoms with Gasteiger partial charge in [0.1, 0.15) is 23.5 Å². The molecule has 0 aliphatic carbocycles. The average molecular weight is 570 g/mol. The SMILES string of the molecule is CCCCCNc1nc(N)nc2ccn(Cc3ccc(CN4CCN(C(=O)OC(C)(C)C)C[C@@H]4CF)cc3OC)c12. The summed E-state index contributed by atoms with van der Waals surface area (Å²) in [6.07, 6.45) is 4.93. The molecule has 2 aromatic heterocycles. The number of unbranched alkanes of at least 4 members (excludes halogenated alkanes) is 2. The molecule has 3 aromatic rings. The van der Waals surface area contributed by atoms with Crippen LogP contribution in [0.4, 0.5) is 21.0 Å². The van der Waals surface area contributed by atoms with Crippen molar-refractivity contribution in [1.82, 2.24) is 24.3 Å². The lowest BCUT2D eigenvalue weighted by atomic mass is 10.1. The lowest BCUT2D eigenvalue weighted by Crippen LogP contribution is -2.55. The fraction of sp³-hybridized carbons (Fsp3) is 0.567. The highest BCUT2D eigenvalue weighted by Crippen LogP contribution is 2.28. The van der Waals surface area contributed by atoms with Gasteiger partial charge in [-0.05, 0) is 44.9 Å². The van der Waals surface area contributed by atoms with Gasteiger partial charge < -0.3 is 30.0 Å². The lowest BCUT2D eigenvalue weighted by Gasteiger charge is -2.40. The first-order valence-corrected chi connectivity index (χ1v) is 14.4. The Morgan fingerprint density at radius 3 is 2.68 bits per heavy atom. The number of alkyl halides is 1. The zero-order valence-electron chi connectivity index (χ0n) is 25.0. The number of nitrogens with two attached hydrogens (primary N) is 1. The third kappa shape index (κ3) is 7.78. The number of ether oxygens (including phenoxy) is 2. The predicted molar refractivity (Wildman–Crippen MR) is 160 cm³/mol. The van der Waals surface area contributed by atoms with Crippen LogP contribution in [0.5, 0.6) is 5.75 Å². The van der Waals surface area contributed by atoms with Gasteiger partial charge in [-0.1, -0.05) is 31.9 Å². The number of rotatable bonds is 11. The van der Waals surface area contributed by atoms with Crippen molar-refractivity contribution in [1.29, 1.82) is 0 Å². The Morgan fingerprint density at radius 1 is 1.17 bits per heavy atom. The molecular weight excluding hydrogens is 525 g/mol. The second-order valence-corrected chi connectivity index (χ2v) is 11.6. The maximum Gasteiger partial charge on any atom is 0.410 e. The van der Waals surface area contributed by atoms with Gasteiger partial charge in [0.15, 0.2) is 5.82 Å². The summed E-state index contributed by atoms with van der Waals surface area (Å²) in [5.74, 6) is 1.73. The van der Waals surface area contributed by atoms with Crippen LogP contribution in [0, 0.1) is 0 Å². The van der Waals surface area contributed by atoms with Crippen LogP contribution < -0.4 is 15.8 Å². The van der Waals surface area contributed by atoms with E-state index >= 15 is 0 Å². The van der Waals surface area contributed by atoms with Crippen LogP contribution in [0.25, 0.3) is 11.0 Å². The number of benzene rings is 1. The molecule has 4 rings (SSSR count). The summed E-state index contributed by atoms with van der Waals surface area (Å²) in [6, 6.07) is 7.66. The Balaban J connectivity index is 1.47. The van der Waals surface area contributed by atoms with Crippen LogP contribution in [0.2, 0.25) is 0 Å². The smallest absolute Gasteiger partial charge is 0.410 e. The van der Waals surface area contributed by atoms with Gasteiger partial charge in [-0.25, -0.2) is 14.2 Å². The van der Waals surface area contributed by atoms with Crippen LogP contribution in [0.15, 0.2) is 30.5 Å². The largest absolute Gasteiger partial charge is 0.496 e. The molecule has 224 valence electrons. The molecule has 1 saturated heterocycles. The minimum absolute atomic E-state index is 0.244. The van der Waals surface area contributed by atoms with Gasteiger partial charge in [0.05, 0.1) is 25.2 Å². The quantitative estimate of drug-likeness (QED) is 0.308. The molecular formula is C30H44FN7O3. The number of anilines is 2. The number of piperazine rings is 1. The summed E-state index contributed by atoms with van der Waals surface area (Å²) >= 11 is 0. The van der Waals surface area contributed by atoms with Crippen molar-refractivity contribution in [3.05, 3.63) is 41.6 Å². The number of nitrogens with zero attached hydrogens (tertiary/aromatic N) is 5. The maximum atomic E-state index is 14.1. The molecule has 10 nitrogen and oxygen atoms in total. The summed E-state index contributed by atoms with van der Waals surface area (Å²) in [4.78, 5) is 25.1. The molecule has 1 aliphatic heterocycles. The number of hydrogen-bond donors (Lipinski definition) is 2. The van der Waals surface area contributed by atoms with Crippen molar-refractivity contribution in [3.8, 4) is 5.75 Å². The van der Waals surface area contributed by atoms with E-state index in [4.69, 9.17) is 15.2 Å². The second kappa shape index (κ2) is 13.4. The standard InChI is InChI=1S/C30H44FN7O3/c1-6-7-8-12-33-27-26-24(34-28(32)35-27)11-13-37(26)19-22-10-9-21(16-25(22)40-5)18-36-14-15-38(20-23(36)17-31)29(39)41-30(2,3)4/h9-11,13,16,23H,6-8,12,14-15,17-20H2,1-5H3,(H3,32,33,34,35)/t23-/m0/s1. The number of halogens is 1. The number of nitrogens with one attached hydrogen (secondary N) is 1. The van der Waals surface area contributed by atoms with E-state index in [9.17, 15) is 9.18 Å². The fourth-order valence-electron chi connectivity index (χ4n) is 5.14. The van der Waals surface area contributed by atoms with E-state index in [0.29, 0.717) is 32.7 Å². The molecule has 11 heteroatoms. The van der Waals surface area contributed by atoms with Gasteiger partial charge in [-0.3, -0.25) is 4.90 Å². The maximum absolute atomic E-state index is 14.1. The van der Waals surface area contributed by atoms with Gasteiger partial charge >= 0.3 is 6.09 Å². The van der Waals surface area contributed by atoms with E-state index in [1.165, 1.54) is 0 Å². The molecule has 1 fully saturated rings. The molecule has 1 aromatic carbocycles. The van der Waals surface area contributed by atoms with Crippen molar-refractivity contribution in [2.45, 2.75) is 71.7 Å². The normalized spacial score (nSPS) is 16.2. The molecule has 0 radical (unpaired) electrons. The Morgan fingerprint density at radius 2 is 1.98 bits per heavy atom. The lowest BCUT2D eigenvalue weighted by molar-refractivity contribution is -0.000717. The first-order valence-electron chi connectivity index (χ1n) is 14.4. The highest BCUT2D eigenvalue weighted by atomic mass is 19.1. The molecule has 0 unspecified atom stereocenters. The van der Waals surface area contributed by atoms with Crippen molar-refractivity contribution >= 4 is 28.9 Å². The van der Waals surface area contributed by atoms with E-state index in [2.05, 4.69) is 37.7 Å². The van der Waals surface area contributed by atoms with E-state index in [1.54, 1.807) is 12.0 Å². The topological polar surface area (TPSA) is 111 Å². The van der Waals surface area contributed by atoms with Crippen molar-refractivity contribution in [2.24, 2.45) is 0 Å². The van der Waals surface area contributed by atoms with Gasteiger partial charge in [0.2, 0.25) is 5.95 Å². The molecule has 3 N–H and O–H groups in total. The van der Waals surface area contributed by atoms with Crippen LogP contribution in [-0.4, -0.2) is 82.0 Å². The van der Waals surface area contributed by atoms with Gasteiger partial charge in [0.25, 0.3) is 0 Å². The first kappa shape index (κ1) is 30.4. The highest BCUT2D eigenvalue weighted by molar-refractivity contribution is 5.87. The third-order valence-electron chi connectivity index (χ3n) is 7.21. The van der Waals surface area contributed by atoms with Crippen molar-refractivity contribution in [2.75, 3.05) is 51.0 Å². The molecule has 1 atom stereocenters. The number of nitrogen functional groups attached to an aromatic ring is 1. The van der Waals surface area contributed by atoms with E-state index in [1.807, 2.05) is 45.2 Å². The van der Waals surface area contributed by atoms with Gasteiger partial charge in [-0.15, -0.1) is 0 Å². The fourth-order valence-corrected chi connectivity index (χ4v) is 5.14. The zero-order valence-corrected chi connectivity index (χ0v) is 25.0. The van der Waals surface area contributed by atoms with E-state index in [-0.39, 0.29) is 5.95 Å². The number of amides is 1. The zero-order chi connectivity index (χ0) is 29.6. The Labute approximate surface area is 242 Å². The summed E-state index contributed by atoms with van der Waals surface area (Å²) < 4.78 is 27.4. The number of carbonyl (C=O) groups is 1. The number of carbonyl (C=O) groups excluding carboxylic acids is 1. The number of fused-ring (bicyclic) bond motifs is 1. The van der Waals surface area contributed by atoms with Crippen molar-refractivity contribution in [3.63, 3.8) is 0 Å². The molecule has 3 heterocycles. The molecule has 0 saturated carbocycles. The summed E-state index contributed by atoms with van der Waals surface area (Å²) in [5.41, 5.74) is 9.09. The Bertz CT molecular complexity index is 1320. The molecule has 41 heavy (non-hydrogen) atoms. The molecule has 0 spiro atoms. The number of hydrogen-bond acceptors (Lipinski definition) is 8. The highest BCUT2D eigenvalue weighted by Gasteiger charge is 2.32. The summed E-state index contributed by atoms with van der Waals surface area (Å²) in [6.45, 7) is 10.4. The number of aromatic nitrogens is 3. The van der Waals surface area contributed by atoms with Crippen LogP contribution in [0.3, 0.4) is 0 Å². The second-order valence-electron chi connectivity index (χ2n) is 11.6. The first-order chi connectivity index (χ1) is 19.6. The summed E-state index contributed by atoms with van der Waals surface area (Å²) in [7, 11) is 1.66. The average Bonchev–Trinajstić information content (AvgIpc) is 3.33. The minimum Gasteiger partial charge on any atom is -0.496 e. The molecule has 0 bridgehead atoms. The van der Waals surface area contributed by atoms with Gasteiger partial charge in [-0.2, -0.15) is 4.98 Å². The van der Waals surface area contributed by atoms with Crippen LogP contribution in [0.1, 0.15) is 58.1 Å². The van der Waals surface area contributed by atoms with E-state index in [0.717, 1.165) is 59.5 Å². The van der Waals surface area contributed by atoms with Gasteiger partial charge in [0, 0.05) is 44.5 Å². The monoisotopic (exact) mass is 569 g/mol. The van der Waals surface area contributed by atoms with E-state index < -0.39 is 24.4 Å². The number of methoxy groups -OCH3 is 1. The van der Waals surface area contributed by atoms with Crippen molar-refractivity contribution < 1.29 is 18.7 Å². The Hall–Kier alpha value is -3.60. The minimum atomic E-state index is -0.586. The van der Waals surface area contributed by atoms with Crippen LogP contribution in [-0.2, 0) is 17.8 Å². The third-order valence-corrected chi connectivity index (χ3v) is 7.21. The predicted octanol–water partition coefficient (Wildman–Crippen LogP) is 5.06. The molecule has 1 aliphatic rings. The summed E-state index contributed by atoms with van der Waals surface area (Å²) in [5, 5.41) is 3.44.